The third-order valence-electron chi connectivity index (χ3n) is 4.34. The average molecular weight is 245 g/mol. The van der Waals surface area contributed by atoms with Crippen LogP contribution in [0.5, 0.6) is 0 Å². The van der Waals surface area contributed by atoms with Gasteiger partial charge in [-0.05, 0) is 25.5 Å². The van der Waals surface area contributed by atoms with E-state index in [2.05, 4.69) is 47.2 Å². The quantitative estimate of drug-likeness (QED) is 0.852. The lowest BCUT2D eigenvalue weighted by Crippen LogP contribution is -2.63. The number of piperidine rings is 1. The second-order valence-corrected chi connectivity index (χ2v) is 5.92. The van der Waals surface area contributed by atoms with E-state index in [0.29, 0.717) is 18.1 Å². The molecule has 0 spiro atoms. The lowest BCUT2D eigenvalue weighted by molar-refractivity contribution is -0.0118. The molecule has 0 saturated carbocycles. The van der Waals surface area contributed by atoms with Crippen molar-refractivity contribution in [2.45, 2.75) is 37.5 Å². The largest absolute Gasteiger partial charge is 0.328 e. The van der Waals surface area contributed by atoms with E-state index in [4.69, 9.17) is 5.73 Å². The molecule has 2 N–H and O–H groups in total. The van der Waals surface area contributed by atoms with E-state index in [1.54, 1.807) is 0 Å². The van der Waals surface area contributed by atoms with E-state index in [0.717, 1.165) is 32.5 Å². The maximum atomic E-state index is 6.18. The van der Waals surface area contributed by atoms with Crippen molar-refractivity contribution in [2.24, 2.45) is 5.73 Å². The Morgan fingerprint density at radius 3 is 2.33 bits per heavy atom. The van der Waals surface area contributed by atoms with Crippen molar-refractivity contribution >= 4 is 0 Å². The Morgan fingerprint density at radius 2 is 1.72 bits per heavy atom. The molecular formula is C15H23N3. The molecule has 1 aromatic carbocycles. The number of rotatable bonds is 2. The highest BCUT2D eigenvalue weighted by Gasteiger charge is 2.38. The molecule has 3 nitrogen and oxygen atoms in total. The first-order valence-electron chi connectivity index (χ1n) is 6.96. The molecule has 2 heterocycles. The minimum Gasteiger partial charge on any atom is -0.328 e. The molecule has 0 radical (unpaired) electrons. The van der Waals surface area contributed by atoms with Crippen LogP contribution in [0.4, 0.5) is 0 Å². The molecule has 2 bridgehead atoms. The van der Waals surface area contributed by atoms with E-state index in [1.165, 1.54) is 5.56 Å². The van der Waals surface area contributed by atoms with Gasteiger partial charge < -0.3 is 10.6 Å². The Labute approximate surface area is 110 Å². The van der Waals surface area contributed by atoms with Crippen molar-refractivity contribution in [1.29, 1.82) is 0 Å². The van der Waals surface area contributed by atoms with Crippen molar-refractivity contribution in [3.05, 3.63) is 35.9 Å². The van der Waals surface area contributed by atoms with Crippen LogP contribution in [0.1, 0.15) is 18.4 Å². The molecule has 3 rings (SSSR count). The summed E-state index contributed by atoms with van der Waals surface area (Å²) >= 11 is 0. The van der Waals surface area contributed by atoms with Crippen LogP contribution in [-0.2, 0) is 6.54 Å². The zero-order chi connectivity index (χ0) is 12.5. The SMILES string of the molecule is CN1C[C@H]2C[C@@H](N)C[C@@H](C1)N2Cc1ccccc1. The number of piperazine rings is 1. The number of nitrogens with zero attached hydrogens (tertiary/aromatic N) is 2. The number of hydrogen-bond donors (Lipinski definition) is 1. The van der Waals surface area contributed by atoms with Crippen molar-refractivity contribution in [2.75, 3.05) is 20.1 Å². The van der Waals surface area contributed by atoms with Crippen LogP contribution in [0.3, 0.4) is 0 Å². The van der Waals surface area contributed by atoms with Gasteiger partial charge in [-0.3, -0.25) is 4.90 Å². The van der Waals surface area contributed by atoms with Gasteiger partial charge in [0.05, 0.1) is 0 Å². The Bertz CT molecular complexity index is 362. The van der Waals surface area contributed by atoms with Gasteiger partial charge in [0.2, 0.25) is 0 Å². The van der Waals surface area contributed by atoms with E-state index < -0.39 is 0 Å². The number of benzene rings is 1. The summed E-state index contributed by atoms with van der Waals surface area (Å²) in [5.41, 5.74) is 7.60. The van der Waals surface area contributed by atoms with E-state index in [9.17, 15) is 0 Å². The van der Waals surface area contributed by atoms with E-state index >= 15 is 0 Å². The molecule has 3 heteroatoms. The first kappa shape index (κ1) is 12.2. The molecule has 2 saturated heterocycles. The third-order valence-corrected chi connectivity index (χ3v) is 4.34. The van der Waals surface area contributed by atoms with Crippen LogP contribution in [0, 0.1) is 0 Å². The number of hydrogen-bond acceptors (Lipinski definition) is 3. The number of likely N-dealkylation sites (tertiary alicyclic amines) is 1. The fraction of sp³-hybridized carbons (Fsp3) is 0.600. The zero-order valence-electron chi connectivity index (χ0n) is 11.1. The Morgan fingerprint density at radius 1 is 1.11 bits per heavy atom. The molecule has 0 unspecified atom stereocenters. The van der Waals surface area contributed by atoms with Gasteiger partial charge in [-0.25, -0.2) is 0 Å². The predicted molar refractivity (Wildman–Crippen MR) is 74.3 cm³/mol. The monoisotopic (exact) mass is 245 g/mol. The average Bonchev–Trinajstić information content (AvgIpc) is 2.32. The third kappa shape index (κ3) is 2.44. The van der Waals surface area contributed by atoms with E-state index in [1.807, 2.05) is 0 Å². The smallest absolute Gasteiger partial charge is 0.0244 e. The van der Waals surface area contributed by atoms with Gasteiger partial charge in [0.1, 0.15) is 0 Å². The van der Waals surface area contributed by atoms with Crippen molar-refractivity contribution < 1.29 is 0 Å². The van der Waals surface area contributed by atoms with Crippen molar-refractivity contribution in [1.82, 2.24) is 9.80 Å². The van der Waals surface area contributed by atoms with Crippen LogP contribution >= 0.6 is 0 Å². The minimum absolute atomic E-state index is 0.403. The molecule has 2 aliphatic heterocycles. The van der Waals surface area contributed by atoms with Gasteiger partial charge in [0.25, 0.3) is 0 Å². The Balaban J connectivity index is 1.75. The van der Waals surface area contributed by atoms with Crippen LogP contribution in [-0.4, -0.2) is 48.1 Å². The summed E-state index contributed by atoms with van der Waals surface area (Å²) in [6.07, 6.45) is 2.29. The highest BCUT2D eigenvalue weighted by Crippen LogP contribution is 2.29. The summed E-state index contributed by atoms with van der Waals surface area (Å²) in [6.45, 7) is 3.41. The maximum Gasteiger partial charge on any atom is 0.0244 e. The highest BCUT2D eigenvalue weighted by atomic mass is 15.3. The molecular weight excluding hydrogens is 222 g/mol. The van der Waals surface area contributed by atoms with Crippen LogP contribution in [0.15, 0.2) is 30.3 Å². The lowest BCUT2D eigenvalue weighted by Gasteiger charge is -2.51. The summed E-state index contributed by atoms with van der Waals surface area (Å²) in [4.78, 5) is 5.14. The molecule has 0 aliphatic carbocycles. The van der Waals surface area contributed by atoms with Gasteiger partial charge in [-0.15, -0.1) is 0 Å². The van der Waals surface area contributed by atoms with Gasteiger partial charge in [0, 0.05) is 37.8 Å². The Kier molecular flexibility index (Phi) is 3.37. The first-order valence-corrected chi connectivity index (χ1v) is 6.96. The fourth-order valence-electron chi connectivity index (χ4n) is 3.57. The molecule has 2 aliphatic rings. The number of nitrogens with two attached hydrogens (primary N) is 1. The number of likely N-dealkylation sites (N-methyl/N-ethyl adjacent to an activating group) is 1. The standard InChI is InChI=1S/C15H23N3/c1-17-10-14-7-13(16)8-15(11-17)18(14)9-12-5-3-2-4-6-12/h2-6,13-15H,7-11,16H2,1H3/t13-,14-,15+. The van der Waals surface area contributed by atoms with Gasteiger partial charge in [0.15, 0.2) is 0 Å². The zero-order valence-corrected chi connectivity index (χ0v) is 11.1. The summed E-state index contributed by atoms with van der Waals surface area (Å²) in [7, 11) is 2.23. The lowest BCUT2D eigenvalue weighted by atomic mass is 9.87. The summed E-state index contributed by atoms with van der Waals surface area (Å²) < 4.78 is 0. The summed E-state index contributed by atoms with van der Waals surface area (Å²) in [5, 5.41) is 0. The van der Waals surface area contributed by atoms with Gasteiger partial charge in [-0.1, -0.05) is 30.3 Å². The molecule has 18 heavy (non-hydrogen) atoms. The predicted octanol–water partition coefficient (Wildman–Crippen LogP) is 1.29. The van der Waals surface area contributed by atoms with Crippen molar-refractivity contribution in [3.63, 3.8) is 0 Å². The second-order valence-electron chi connectivity index (χ2n) is 5.92. The van der Waals surface area contributed by atoms with Gasteiger partial charge in [-0.2, -0.15) is 0 Å². The molecule has 0 amide bonds. The molecule has 1 aromatic rings. The first-order chi connectivity index (χ1) is 8.72. The number of fused-ring (bicyclic) bond motifs is 2. The molecule has 0 aromatic heterocycles. The van der Waals surface area contributed by atoms with Crippen LogP contribution < -0.4 is 5.73 Å². The van der Waals surface area contributed by atoms with E-state index in [-0.39, 0.29) is 0 Å². The van der Waals surface area contributed by atoms with Crippen LogP contribution in [0.25, 0.3) is 0 Å². The maximum absolute atomic E-state index is 6.18. The molecule has 3 atom stereocenters. The van der Waals surface area contributed by atoms with Crippen molar-refractivity contribution in [3.8, 4) is 0 Å². The highest BCUT2D eigenvalue weighted by molar-refractivity contribution is 5.15. The normalized spacial score (nSPS) is 33.6. The summed E-state index contributed by atoms with van der Waals surface area (Å²) in [5.74, 6) is 0. The second kappa shape index (κ2) is 5.00. The van der Waals surface area contributed by atoms with Gasteiger partial charge >= 0.3 is 0 Å². The summed E-state index contributed by atoms with van der Waals surface area (Å²) in [6, 6.07) is 12.5. The Hall–Kier alpha value is -0.900. The minimum atomic E-state index is 0.403. The molecule has 98 valence electrons. The topological polar surface area (TPSA) is 32.5 Å². The van der Waals surface area contributed by atoms with Crippen LogP contribution in [0.2, 0.25) is 0 Å². The fourth-order valence-corrected chi connectivity index (χ4v) is 3.57. The molecule has 2 fully saturated rings.